The van der Waals surface area contributed by atoms with E-state index < -0.39 is 0 Å². The number of methoxy groups -OCH3 is 2. The molecule has 0 saturated carbocycles. The molecule has 0 atom stereocenters. The van der Waals surface area contributed by atoms with E-state index in [4.69, 9.17) is 9.47 Å². The van der Waals surface area contributed by atoms with Crippen LogP contribution in [0.15, 0.2) is 47.5 Å². The summed E-state index contributed by atoms with van der Waals surface area (Å²) < 4.78 is 10.5. The fourth-order valence-electron chi connectivity index (χ4n) is 1.87. The van der Waals surface area contributed by atoms with Crippen molar-refractivity contribution >= 4 is 11.8 Å². The zero-order valence-electron chi connectivity index (χ0n) is 10.7. The van der Waals surface area contributed by atoms with Gasteiger partial charge in [0.15, 0.2) is 11.5 Å². The van der Waals surface area contributed by atoms with E-state index in [1.807, 2.05) is 36.4 Å². The van der Waals surface area contributed by atoms with Crippen molar-refractivity contribution in [1.29, 1.82) is 0 Å². The predicted octanol–water partition coefficient (Wildman–Crippen LogP) is 3.34. The maximum absolute atomic E-state index is 10.4. The van der Waals surface area contributed by atoms with Gasteiger partial charge in [-0.3, -0.25) is 0 Å². The molecule has 0 aliphatic heterocycles. The van der Waals surface area contributed by atoms with Crippen LogP contribution in [0.5, 0.6) is 11.5 Å². The molecule has 0 unspecified atom stereocenters. The van der Waals surface area contributed by atoms with Crippen LogP contribution < -0.4 is 9.47 Å². The molecule has 0 aliphatic carbocycles. The molecule has 0 N–H and O–H groups in total. The summed E-state index contributed by atoms with van der Waals surface area (Å²) in [7, 11) is 3.17. The van der Waals surface area contributed by atoms with E-state index in [1.165, 1.54) is 0 Å². The molecule has 2 rings (SSSR count). The molecule has 2 aromatic rings. The molecule has 0 fully saturated rings. The number of nitrogens with zero attached hydrogens (tertiary/aromatic N) is 1. The zero-order valence-corrected chi connectivity index (χ0v) is 10.7. The van der Waals surface area contributed by atoms with Crippen molar-refractivity contribution in [3.05, 3.63) is 42.5 Å². The lowest BCUT2D eigenvalue weighted by Gasteiger charge is -2.10. The summed E-state index contributed by atoms with van der Waals surface area (Å²) in [6.45, 7) is 0. The van der Waals surface area contributed by atoms with Gasteiger partial charge in [0.25, 0.3) is 0 Å². The monoisotopic (exact) mass is 255 g/mol. The number of carbonyl (C=O) groups excluding carboxylic acids is 1. The van der Waals surface area contributed by atoms with Gasteiger partial charge in [-0.2, -0.15) is 4.99 Å². The van der Waals surface area contributed by atoms with Crippen LogP contribution in [-0.2, 0) is 4.79 Å². The summed E-state index contributed by atoms with van der Waals surface area (Å²) in [5.41, 5.74) is 2.31. The third-order valence-corrected chi connectivity index (χ3v) is 2.76. The molecular formula is C15H13NO3. The molecule has 0 aromatic heterocycles. The first-order chi connectivity index (χ1) is 9.30. The van der Waals surface area contributed by atoms with Crippen LogP contribution in [0.25, 0.3) is 11.1 Å². The lowest BCUT2D eigenvalue weighted by atomic mass is 10.0. The molecule has 19 heavy (non-hydrogen) atoms. The van der Waals surface area contributed by atoms with Crippen LogP contribution in [0.3, 0.4) is 0 Å². The standard InChI is InChI=1S/C15H13NO3/c1-18-14-8-7-11(9-15(14)19-2)12-5-3-4-6-13(12)16-10-17/h3-9H,1-2H3. The fraction of sp³-hybridized carbons (Fsp3) is 0.133. The Morgan fingerprint density at radius 3 is 2.42 bits per heavy atom. The Kier molecular flexibility index (Phi) is 3.96. The fourth-order valence-corrected chi connectivity index (χ4v) is 1.87. The van der Waals surface area contributed by atoms with Gasteiger partial charge in [-0.05, 0) is 23.8 Å². The lowest BCUT2D eigenvalue weighted by molar-refractivity contribution is 0.355. The van der Waals surface area contributed by atoms with Crippen LogP contribution in [0.2, 0.25) is 0 Å². The smallest absolute Gasteiger partial charge is 0.240 e. The summed E-state index contributed by atoms with van der Waals surface area (Å²) in [6.07, 6.45) is 1.56. The highest BCUT2D eigenvalue weighted by Gasteiger charge is 2.08. The minimum absolute atomic E-state index is 0.574. The van der Waals surface area contributed by atoms with Crippen LogP contribution in [0.1, 0.15) is 0 Å². The second-order valence-corrected chi connectivity index (χ2v) is 3.79. The third-order valence-electron chi connectivity index (χ3n) is 2.76. The summed E-state index contributed by atoms with van der Waals surface area (Å²) in [4.78, 5) is 14.1. The Balaban J connectivity index is 2.56. The van der Waals surface area contributed by atoms with Gasteiger partial charge in [0.2, 0.25) is 6.08 Å². The van der Waals surface area contributed by atoms with Crippen molar-refractivity contribution in [3.63, 3.8) is 0 Å². The molecule has 0 bridgehead atoms. The molecule has 0 heterocycles. The largest absolute Gasteiger partial charge is 0.493 e. The van der Waals surface area contributed by atoms with Gasteiger partial charge in [-0.25, -0.2) is 4.79 Å². The Morgan fingerprint density at radius 2 is 1.74 bits per heavy atom. The highest BCUT2D eigenvalue weighted by atomic mass is 16.5. The van der Waals surface area contributed by atoms with Gasteiger partial charge >= 0.3 is 0 Å². The first-order valence-electron chi connectivity index (χ1n) is 5.69. The van der Waals surface area contributed by atoms with E-state index >= 15 is 0 Å². The molecule has 2 aromatic carbocycles. The molecule has 0 saturated heterocycles. The second kappa shape index (κ2) is 5.85. The van der Waals surface area contributed by atoms with Gasteiger partial charge in [0, 0.05) is 5.56 Å². The number of hydrogen-bond acceptors (Lipinski definition) is 4. The van der Waals surface area contributed by atoms with Gasteiger partial charge in [-0.1, -0.05) is 24.3 Å². The Morgan fingerprint density at radius 1 is 1.00 bits per heavy atom. The number of para-hydroxylation sites is 1. The van der Waals surface area contributed by atoms with E-state index in [0.29, 0.717) is 17.2 Å². The van der Waals surface area contributed by atoms with E-state index in [1.54, 1.807) is 26.4 Å². The van der Waals surface area contributed by atoms with Crippen LogP contribution >= 0.6 is 0 Å². The molecule has 0 aliphatic rings. The molecule has 4 nitrogen and oxygen atoms in total. The number of ether oxygens (including phenoxy) is 2. The first kappa shape index (κ1) is 12.9. The van der Waals surface area contributed by atoms with Gasteiger partial charge in [0.1, 0.15) is 0 Å². The maximum Gasteiger partial charge on any atom is 0.240 e. The second-order valence-electron chi connectivity index (χ2n) is 3.79. The SMILES string of the molecule is COc1ccc(-c2ccccc2N=C=O)cc1OC. The summed E-state index contributed by atoms with van der Waals surface area (Å²) >= 11 is 0. The van der Waals surface area contributed by atoms with Crippen molar-refractivity contribution in [2.75, 3.05) is 14.2 Å². The summed E-state index contributed by atoms with van der Waals surface area (Å²) in [5, 5.41) is 0. The van der Waals surface area contributed by atoms with Crippen molar-refractivity contribution in [2.45, 2.75) is 0 Å². The quantitative estimate of drug-likeness (QED) is 0.622. The third kappa shape index (κ3) is 2.64. The molecule has 96 valence electrons. The normalized spacial score (nSPS) is 9.58. The molecule has 0 spiro atoms. The Hall–Kier alpha value is -2.58. The maximum atomic E-state index is 10.4. The van der Waals surface area contributed by atoms with Crippen LogP contribution in [0, 0.1) is 0 Å². The average molecular weight is 255 g/mol. The van der Waals surface area contributed by atoms with E-state index in [9.17, 15) is 4.79 Å². The minimum Gasteiger partial charge on any atom is -0.493 e. The topological polar surface area (TPSA) is 47.9 Å². The van der Waals surface area contributed by atoms with Gasteiger partial charge in [-0.15, -0.1) is 0 Å². The number of rotatable bonds is 4. The van der Waals surface area contributed by atoms with Crippen molar-refractivity contribution in [2.24, 2.45) is 4.99 Å². The van der Waals surface area contributed by atoms with Crippen LogP contribution in [-0.4, -0.2) is 20.3 Å². The molecule has 4 heteroatoms. The molecule has 0 amide bonds. The van der Waals surface area contributed by atoms with E-state index in [0.717, 1.165) is 11.1 Å². The Bertz CT molecular complexity index is 631. The minimum atomic E-state index is 0.574. The van der Waals surface area contributed by atoms with Crippen molar-refractivity contribution < 1.29 is 14.3 Å². The number of hydrogen-bond donors (Lipinski definition) is 0. The van der Waals surface area contributed by atoms with Gasteiger partial charge in [0.05, 0.1) is 19.9 Å². The molecule has 0 radical (unpaired) electrons. The van der Waals surface area contributed by atoms with Gasteiger partial charge < -0.3 is 9.47 Å². The highest BCUT2D eigenvalue weighted by molar-refractivity contribution is 5.78. The van der Waals surface area contributed by atoms with E-state index in [2.05, 4.69) is 4.99 Å². The first-order valence-corrected chi connectivity index (χ1v) is 5.69. The van der Waals surface area contributed by atoms with E-state index in [-0.39, 0.29) is 0 Å². The van der Waals surface area contributed by atoms with Crippen LogP contribution in [0.4, 0.5) is 5.69 Å². The number of isocyanates is 1. The zero-order chi connectivity index (χ0) is 13.7. The number of aliphatic imine (C=N–C) groups is 1. The van der Waals surface area contributed by atoms with Crippen molar-refractivity contribution in [1.82, 2.24) is 0 Å². The average Bonchev–Trinajstić information content (AvgIpc) is 2.47. The Labute approximate surface area is 111 Å². The number of benzene rings is 2. The van der Waals surface area contributed by atoms with Crippen molar-refractivity contribution in [3.8, 4) is 22.6 Å². The summed E-state index contributed by atoms with van der Waals surface area (Å²) in [5.74, 6) is 1.28. The lowest BCUT2D eigenvalue weighted by Crippen LogP contribution is -1.90. The predicted molar refractivity (Wildman–Crippen MR) is 72.8 cm³/mol. The highest BCUT2D eigenvalue weighted by Crippen LogP contribution is 2.36. The summed E-state index contributed by atoms with van der Waals surface area (Å²) in [6, 6.07) is 12.9. The molecular weight excluding hydrogens is 242 g/mol.